The fourth-order valence-corrected chi connectivity index (χ4v) is 9.04. The first-order valence-electron chi connectivity index (χ1n) is 19.9. The van der Waals surface area contributed by atoms with Gasteiger partial charge < -0.3 is 35.1 Å². The SMILES string of the molecule is COc1cc(Nc2cc(Oc3ccc(NC(=O)Nc4cc(C(C)(C)C)cc(NS(C)(=O)=O)c4OC)c4ccccc34)ccn2)ccc1S(=O)(=O)N(C)CCC1CCN(C)CC1. The lowest BCUT2D eigenvalue weighted by Gasteiger charge is -2.30. The molecule has 1 saturated heterocycles. The van der Waals surface area contributed by atoms with Crippen molar-refractivity contribution >= 4 is 65.4 Å². The number of methoxy groups -OCH3 is 2. The smallest absolute Gasteiger partial charge is 0.323 e. The summed E-state index contributed by atoms with van der Waals surface area (Å²) in [7, 11) is -0.884. The fourth-order valence-electron chi connectivity index (χ4n) is 7.17. The van der Waals surface area contributed by atoms with Crippen molar-refractivity contribution in [2.45, 2.75) is 50.3 Å². The Kier molecular flexibility index (Phi) is 13.7. The predicted molar refractivity (Wildman–Crippen MR) is 242 cm³/mol. The van der Waals surface area contributed by atoms with Crippen molar-refractivity contribution in [3.63, 3.8) is 0 Å². The van der Waals surface area contributed by atoms with Crippen LogP contribution < -0.4 is 34.9 Å². The van der Waals surface area contributed by atoms with Crippen molar-refractivity contribution in [1.29, 1.82) is 0 Å². The van der Waals surface area contributed by atoms with Crippen LogP contribution in [0.2, 0.25) is 0 Å². The van der Waals surface area contributed by atoms with E-state index in [1.54, 1.807) is 61.8 Å². The lowest BCUT2D eigenvalue weighted by atomic mass is 9.86. The zero-order valence-electron chi connectivity index (χ0n) is 35.8. The van der Waals surface area contributed by atoms with Gasteiger partial charge in [-0.25, -0.2) is 30.9 Å². The number of rotatable bonds is 15. The van der Waals surface area contributed by atoms with Crippen molar-refractivity contribution in [2.75, 3.05) is 74.9 Å². The molecule has 0 saturated carbocycles. The number of ether oxygens (including phenoxy) is 3. The second kappa shape index (κ2) is 18.6. The summed E-state index contributed by atoms with van der Waals surface area (Å²) in [5, 5.41) is 10.4. The van der Waals surface area contributed by atoms with E-state index >= 15 is 0 Å². The molecule has 1 aliphatic rings. The van der Waals surface area contributed by atoms with Crippen LogP contribution in [0.1, 0.15) is 45.6 Å². The molecule has 4 aromatic carbocycles. The summed E-state index contributed by atoms with van der Waals surface area (Å²) in [6.07, 6.45) is 5.59. The van der Waals surface area contributed by atoms with Crippen molar-refractivity contribution in [2.24, 2.45) is 5.92 Å². The monoisotopic (exact) mass is 873 g/mol. The molecular formula is C44H55N7O8S2. The Balaban J connectivity index is 1.16. The molecule has 326 valence electrons. The molecule has 61 heavy (non-hydrogen) atoms. The number of hydrogen-bond donors (Lipinski definition) is 4. The number of likely N-dealkylation sites (tertiary alicyclic amines) is 1. The maximum atomic E-state index is 13.6. The number of carbonyl (C=O) groups excluding carboxylic acids is 1. The number of nitrogens with one attached hydrogen (secondary N) is 4. The standard InChI is InChI=1S/C44H55N7O8S2/c1-44(2,3)30-25-36(42(58-7)37(26-30)49-60(8,53)54)48-43(52)47-35-14-15-38(34-12-10-9-11-33(34)35)59-32-17-21-45-41(28-32)46-31-13-16-40(39(27-31)57-6)61(55,56)51(5)24-20-29-18-22-50(4)23-19-29/h9-17,21,25-29,49H,18-20,22-24H2,1-8H3,(H,45,46)(H2,47,48,52). The normalized spacial score (nSPS) is 14.1. The summed E-state index contributed by atoms with van der Waals surface area (Å²) in [6.45, 7) is 8.42. The third kappa shape index (κ3) is 11.2. The summed E-state index contributed by atoms with van der Waals surface area (Å²) in [6, 6.07) is 22.1. The van der Waals surface area contributed by atoms with E-state index in [9.17, 15) is 21.6 Å². The predicted octanol–water partition coefficient (Wildman–Crippen LogP) is 8.45. The van der Waals surface area contributed by atoms with Gasteiger partial charge in [0, 0.05) is 48.4 Å². The van der Waals surface area contributed by atoms with Crippen LogP contribution in [0.25, 0.3) is 10.8 Å². The van der Waals surface area contributed by atoms with E-state index in [4.69, 9.17) is 14.2 Å². The summed E-state index contributed by atoms with van der Waals surface area (Å²) in [4.78, 5) is 20.4. The number of fused-ring (bicyclic) bond motifs is 1. The second-order valence-electron chi connectivity index (χ2n) is 16.3. The minimum atomic E-state index is -3.80. The maximum Gasteiger partial charge on any atom is 0.323 e. The van der Waals surface area contributed by atoms with Gasteiger partial charge in [-0.2, -0.15) is 0 Å². The first-order valence-corrected chi connectivity index (χ1v) is 23.2. The molecule has 2 heterocycles. The van der Waals surface area contributed by atoms with Gasteiger partial charge in [0.05, 0.1) is 37.5 Å². The largest absolute Gasteiger partial charge is 0.495 e. The van der Waals surface area contributed by atoms with E-state index in [0.29, 0.717) is 46.5 Å². The third-order valence-corrected chi connectivity index (χ3v) is 13.1. The maximum absolute atomic E-state index is 13.6. The molecule has 1 aliphatic heterocycles. The van der Waals surface area contributed by atoms with E-state index in [2.05, 4.69) is 37.6 Å². The second-order valence-corrected chi connectivity index (χ2v) is 20.1. The quantitative estimate of drug-likeness (QED) is 0.0793. The van der Waals surface area contributed by atoms with E-state index in [-0.39, 0.29) is 33.2 Å². The topological polar surface area (TPSA) is 181 Å². The number of pyridine rings is 1. The first kappa shape index (κ1) is 44.9. The highest BCUT2D eigenvalue weighted by atomic mass is 32.2. The Morgan fingerprint density at radius 2 is 1.54 bits per heavy atom. The summed E-state index contributed by atoms with van der Waals surface area (Å²) in [5.74, 6) is 2.32. The minimum Gasteiger partial charge on any atom is -0.495 e. The molecule has 0 atom stereocenters. The number of carbonyl (C=O) groups is 1. The van der Waals surface area contributed by atoms with E-state index in [1.165, 1.54) is 24.6 Å². The number of aromatic nitrogens is 1. The number of amides is 2. The highest BCUT2D eigenvalue weighted by Gasteiger charge is 2.27. The lowest BCUT2D eigenvalue weighted by molar-refractivity contribution is 0.207. The Hall–Kier alpha value is -5.62. The minimum absolute atomic E-state index is 0.0873. The van der Waals surface area contributed by atoms with Crippen LogP contribution in [0.5, 0.6) is 23.0 Å². The lowest BCUT2D eigenvalue weighted by Crippen LogP contribution is -2.33. The highest BCUT2D eigenvalue weighted by molar-refractivity contribution is 7.92. The first-order chi connectivity index (χ1) is 28.8. The summed E-state index contributed by atoms with van der Waals surface area (Å²) in [5.41, 5.74) is 1.95. The van der Waals surface area contributed by atoms with Gasteiger partial charge in [-0.1, -0.05) is 45.0 Å². The third-order valence-electron chi connectivity index (χ3n) is 10.6. The van der Waals surface area contributed by atoms with Crippen molar-refractivity contribution in [1.82, 2.24) is 14.2 Å². The molecule has 0 aliphatic carbocycles. The van der Waals surface area contributed by atoms with Gasteiger partial charge in [-0.15, -0.1) is 0 Å². The average Bonchev–Trinajstić information content (AvgIpc) is 3.20. The van der Waals surface area contributed by atoms with Crippen molar-refractivity contribution < 1.29 is 35.8 Å². The van der Waals surface area contributed by atoms with E-state index in [0.717, 1.165) is 49.6 Å². The number of urea groups is 1. The molecule has 5 aromatic rings. The van der Waals surface area contributed by atoms with Crippen LogP contribution in [-0.4, -0.2) is 91.3 Å². The van der Waals surface area contributed by atoms with Crippen LogP contribution >= 0.6 is 0 Å². The van der Waals surface area contributed by atoms with Crippen LogP contribution in [0.3, 0.4) is 0 Å². The van der Waals surface area contributed by atoms with Crippen molar-refractivity contribution in [3.05, 3.63) is 90.6 Å². The molecule has 2 amide bonds. The summed E-state index contributed by atoms with van der Waals surface area (Å²) >= 11 is 0. The van der Waals surface area contributed by atoms with Crippen LogP contribution in [0.4, 0.5) is 33.4 Å². The zero-order chi connectivity index (χ0) is 44.1. The molecule has 0 bridgehead atoms. The number of hydrogen-bond acceptors (Lipinski definition) is 11. The fraction of sp³-hybridized carbons (Fsp3) is 0.364. The van der Waals surface area contributed by atoms with Gasteiger partial charge in [-0.3, -0.25) is 4.72 Å². The Bertz CT molecular complexity index is 2610. The molecule has 1 fully saturated rings. The van der Waals surface area contributed by atoms with E-state index < -0.39 is 26.1 Å². The van der Waals surface area contributed by atoms with Gasteiger partial charge in [0.1, 0.15) is 28.0 Å². The Labute approximate surface area is 358 Å². The van der Waals surface area contributed by atoms with Gasteiger partial charge in [0.15, 0.2) is 5.75 Å². The average molecular weight is 874 g/mol. The van der Waals surface area contributed by atoms with Gasteiger partial charge >= 0.3 is 6.03 Å². The number of benzene rings is 4. The molecule has 0 radical (unpaired) electrons. The molecule has 4 N–H and O–H groups in total. The van der Waals surface area contributed by atoms with Crippen LogP contribution in [-0.2, 0) is 25.5 Å². The molecule has 6 rings (SSSR count). The van der Waals surface area contributed by atoms with Crippen LogP contribution in [0, 0.1) is 5.92 Å². The number of sulfonamides is 2. The highest BCUT2D eigenvalue weighted by Crippen LogP contribution is 2.40. The van der Waals surface area contributed by atoms with Crippen molar-refractivity contribution in [3.8, 4) is 23.0 Å². The van der Waals surface area contributed by atoms with Crippen LogP contribution in [0.15, 0.2) is 90.0 Å². The number of anilines is 5. The molecule has 15 nitrogen and oxygen atoms in total. The Morgan fingerprint density at radius 3 is 2.21 bits per heavy atom. The summed E-state index contributed by atoms with van der Waals surface area (Å²) < 4.78 is 73.0. The Morgan fingerprint density at radius 1 is 0.852 bits per heavy atom. The molecular weight excluding hydrogens is 819 g/mol. The van der Waals surface area contributed by atoms with Gasteiger partial charge in [0.25, 0.3) is 0 Å². The molecule has 1 aromatic heterocycles. The molecule has 17 heteroatoms. The van der Waals surface area contributed by atoms with E-state index in [1.807, 2.05) is 45.0 Å². The van der Waals surface area contributed by atoms with Gasteiger partial charge in [-0.05, 0) is 98.8 Å². The van der Waals surface area contributed by atoms with Gasteiger partial charge in [0.2, 0.25) is 20.0 Å². The molecule has 0 spiro atoms. The number of nitrogens with zero attached hydrogens (tertiary/aromatic N) is 3. The molecule has 0 unspecified atom stereocenters. The number of piperidine rings is 1. The zero-order valence-corrected chi connectivity index (χ0v) is 37.5.